The van der Waals surface area contributed by atoms with Crippen molar-refractivity contribution in [2.45, 2.75) is 45.6 Å². The Labute approximate surface area is 153 Å². The molecule has 1 aromatic heterocycles. The van der Waals surface area contributed by atoms with Gasteiger partial charge in [-0.25, -0.2) is 0 Å². The van der Waals surface area contributed by atoms with E-state index in [0.29, 0.717) is 12.0 Å². The number of allylic oxidation sites excluding steroid dienone is 1. The standard InChI is InChI=1S/C23H23NS/c1-13-11-12-16-7-6-9-18(22(16)24-13)21-15(3)14(2)20-17-8-4-5-10-19(17)25-23(20)21/h4-10,13-14,24H,11-12H2,1-3H3. The van der Waals surface area contributed by atoms with E-state index < -0.39 is 0 Å². The number of anilines is 1. The van der Waals surface area contributed by atoms with E-state index in [2.05, 4.69) is 68.6 Å². The summed E-state index contributed by atoms with van der Waals surface area (Å²) in [5, 5.41) is 5.22. The van der Waals surface area contributed by atoms with E-state index in [1.54, 1.807) is 0 Å². The molecule has 0 fully saturated rings. The van der Waals surface area contributed by atoms with Gasteiger partial charge in [-0.2, -0.15) is 0 Å². The maximum atomic E-state index is 3.78. The van der Waals surface area contributed by atoms with Gasteiger partial charge in [0, 0.05) is 38.4 Å². The van der Waals surface area contributed by atoms with Crippen molar-refractivity contribution in [3.05, 3.63) is 69.6 Å². The summed E-state index contributed by atoms with van der Waals surface area (Å²) in [7, 11) is 0. The molecule has 2 aromatic carbocycles. The van der Waals surface area contributed by atoms with E-state index in [0.717, 1.165) is 0 Å². The van der Waals surface area contributed by atoms with Gasteiger partial charge in [0.25, 0.3) is 0 Å². The maximum absolute atomic E-state index is 3.78. The molecule has 2 unspecified atom stereocenters. The Morgan fingerprint density at radius 1 is 1.04 bits per heavy atom. The van der Waals surface area contributed by atoms with E-state index in [1.165, 1.54) is 61.3 Å². The lowest BCUT2D eigenvalue weighted by Crippen LogP contribution is -2.23. The van der Waals surface area contributed by atoms with Crippen LogP contribution in [-0.4, -0.2) is 6.04 Å². The maximum Gasteiger partial charge on any atom is 0.0454 e. The molecule has 0 spiro atoms. The number of nitrogens with one attached hydrogen (secondary N) is 1. The van der Waals surface area contributed by atoms with Crippen LogP contribution >= 0.6 is 11.3 Å². The van der Waals surface area contributed by atoms with Gasteiger partial charge in [0.1, 0.15) is 0 Å². The Hall–Kier alpha value is -2.06. The van der Waals surface area contributed by atoms with Gasteiger partial charge < -0.3 is 5.32 Å². The quantitative estimate of drug-likeness (QED) is 0.525. The number of hydrogen-bond acceptors (Lipinski definition) is 2. The van der Waals surface area contributed by atoms with Gasteiger partial charge in [-0.1, -0.05) is 48.9 Å². The summed E-state index contributed by atoms with van der Waals surface area (Å²) >= 11 is 1.96. The molecule has 2 aliphatic rings. The zero-order valence-electron chi connectivity index (χ0n) is 15.0. The molecule has 0 bridgehead atoms. The predicted octanol–water partition coefficient (Wildman–Crippen LogP) is 6.59. The van der Waals surface area contributed by atoms with Crippen molar-refractivity contribution in [1.29, 1.82) is 0 Å². The van der Waals surface area contributed by atoms with E-state index in [-0.39, 0.29) is 0 Å². The number of para-hydroxylation sites is 1. The molecular formula is C23H23NS. The van der Waals surface area contributed by atoms with Gasteiger partial charge in [0.05, 0.1) is 0 Å². The fourth-order valence-electron chi connectivity index (χ4n) is 4.51. The highest BCUT2D eigenvalue weighted by Gasteiger charge is 2.32. The molecule has 0 saturated carbocycles. The molecule has 1 N–H and O–H groups in total. The van der Waals surface area contributed by atoms with Crippen LogP contribution < -0.4 is 5.32 Å². The Bertz CT molecular complexity index is 1020. The zero-order chi connectivity index (χ0) is 17.1. The molecule has 1 aliphatic heterocycles. The molecule has 0 amide bonds. The number of thiophene rings is 1. The first-order valence-electron chi connectivity index (χ1n) is 9.26. The van der Waals surface area contributed by atoms with Crippen LogP contribution in [-0.2, 0) is 6.42 Å². The molecule has 0 saturated heterocycles. The first-order chi connectivity index (χ1) is 12.1. The van der Waals surface area contributed by atoms with Gasteiger partial charge >= 0.3 is 0 Å². The van der Waals surface area contributed by atoms with Crippen molar-refractivity contribution in [3.8, 4) is 0 Å². The minimum atomic E-state index is 0.498. The molecule has 1 nitrogen and oxygen atoms in total. The number of hydrogen-bond donors (Lipinski definition) is 1. The second-order valence-corrected chi connectivity index (χ2v) is 8.60. The zero-order valence-corrected chi connectivity index (χ0v) is 15.8. The van der Waals surface area contributed by atoms with Crippen molar-refractivity contribution >= 4 is 32.7 Å². The van der Waals surface area contributed by atoms with Gasteiger partial charge in [-0.3, -0.25) is 0 Å². The van der Waals surface area contributed by atoms with Gasteiger partial charge in [-0.05, 0) is 49.3 Å². The van der Waals surface area contributed by atoms with E-state index in [9.17, 15) is 0 Å². The summed E-state index contributed by atoms with van der Waals surface area (Å²) in [6.07, 6.45) is 2.40. The minimum absolute atomic E-state index is 0.498. The van der Waals surface area contributed by atoms with Gasteiger partial charge in [0.15, 0.2) is 0 Å². The van der Waals surface area contributed by atoms with Crippen LogP contribution in [0.2, 0.25) is 0 Å². The molecule has 2 heteroatoms. The summed E-state index contributed by atoms with van der Waals surface area (Å²) in [6, 6.07) is 16.3. The molecule has 5 rings (SSSR count). The van der Waals surface area contributed by atoms with Crippen LogP contribution in [0, 0.1) is 0 Å². The van der Waals surface area contributed by atoms with Crippen molar-refractivity contribution in [2.75, 3.05) is 5.32 Å². The predicted molar refractivity (Wildman–Crippen MR) is 110 cm³/mol. The van der Waals surface area contributed by atoms with E-state index >= 15 is 0 Å². The summed E-state index contributed by atoms with van der Waals surface area (Å²) in [6.45, 7) is 6.99. The normalized spacial score (nSPS) is 22.0. The van der Waals surface area contributed by atoms with Crippen LogP contribution in [0.25, 0.3) is 15.7 Å². The molecule has 0 radical (unpaired) electrons. The number of benzene rings is 2. The van der Waals surface area contributed by atoms with Crippen LogP contribution in [0.1, 0.15) is 54.7 Å². The van der Waals surface area contributed by atoms with E-state index in [1.807, 2.05) is 11.3 Å². The number of rotatable bonds is 1. The second kappa shape index (κ2) is 5.47. The highest BCUT2D eigenvalue weighted by molar-refractivity contribution is 7.20. The monoisotopic (exact) mass is 345 g/mol. The lowest BCUT2D eigenvalue weighted by molar-refractivity contribution is 0.680. The van der Waals surface area contributed by atoms with Crippen LogP contribution in [0.15, 0.2) is 48.0 Å². The summed E-state index contributed by atoms with van der Waals surface area (Å²) in [4.78, 5) is 1.49. The lowest BCUT2D eigenvalue weighted by Gasteiger charge is -2.27. The largest absolute Gasteiger partial charge is 0.382 e. The third-order valence-corrected chi connectivity index (χ3v) is 7.20. The highest BCUT2D eigenvalue weighted by Crippen LogP contribution is 2.53. The SMILES string of the molecule is CC1=C(c2cccc3c2NC(C)CC3)c2sc3ccccc3c2C1C. The molecule has 126 valence electrons. The van der Waals surface area contributed by atoms with Crippen LogP contribution in [0.3, 0.4) is 0 Å². The first-order valence-corrected chi connectivity index (χ1v) is 10.1. The van der Waals surface area contributed by atoms with Crippen LogP contribution in [0.4, 0.5) is 5.69 Å². The van der Waals surface area contributed by atoms with Gasteiger partial charge in [-0.15, -0.1) is 11.3 Å². The molecular weight excluding hydrogens is 322 g/mol. The number of fused-ring (bicyclic) bond motifs is 4. The smallest absolute Gasteiger partial charge is 0.0454 e. The fourth-order valence-corrected chi connectivity index (χ4v) is 5.93. The topological polar surface area (TPSA) is 12.0 Å². The summed E-state index contributed by atoms with van der Waals surface area (Å²) in [5.74, 6) is 0.498. The van der Waals surface area contributed by atoms with Crippen molar-refractivity contribution in [1.82, 2.24) is 0 Å². The second-order valence-electron chi connectivity index (χ2n) is 7.54. The Kier molecular flexibility index (Phi) is 3.33. The van der Waals surface area contributed by atoms with Crippen molar-refractivity contribution in [3.63, 3.8) is 0 Å². The lowest BCUT2D eigenvalue weighted by atomic mass is 9.91. The third kappa shape index (κ3) is 2.13. The molecule has 2 heterocycles. The third-order valence-electron chi connectivity index (χ3n) is 6.00. The first kappa shape index (κ1) is 15.2. The Morgan fingerprint density at radius 3 is 2.76 bits per heavy atom. The molecule has 25 heavy (non-hydrogen) atoms. The molecule has 1 aliphatic carbocycles. The van der Waals surface area contributed by atoms with Gasteiger partial charge in [0.2, 0.25) is 0 Å². The highest BCUT2D eigenvalue weighted by atomic mass is 32.1. The van der Waals surface area contributed by atoms with Crippen molar-refractivity contribution in [2.24, 2.45) is 0 Å². The fraction of sp³-hybridized carbons (Fsp3) is 0.304. The number of aryl methyl sites for hydroxylation is 1. The van der Waals surface area contributed by atoms with Crippen molar-refractivity contribution < 1.29 is 0 Å². The average molecular weight is 346 g/mol. The Morgan fingerprint density at radius 2 is 1.88 bits per heavy atom. The summed E-state index contributed by atoms with van der Waals surface area (Å²) < 4.78 is 1.41. The van der Waals surface area contributed by atoms with E-state index in [4.69, 9.17) is 0 Å². The average Bonchev–Trinajstić information content (AvgIpc) is 3.10. The Balaban J connectivity index is 1.77. The summed E-state index contributed by atoms with van der Waals surface area (Å²) in [5.41, 5.74) is 8.77. The molecule has 3 aromatic rings. The minimum Gasteiger partial charge on any atom is -0.382 e. The molecule has 2 atom stereocenters. The van der Waals surface area contributed by atoms with Crippen LogP contribution in [0.5, 0.6) is 0 Å².